The predicted molar refractivity (Wildman–Crippen MR) is 78.9 cm³/mol. The van der Waals surface area contributed by atoms with E-state index < -0.39 is 17.2 Å². The van der Waals surface area contributed by atoms with Crippen molar-refractivity contribution in [2.75, 3.05) is 18.5 Å². The van der Waals surface area contributed by atoms with Gasteiger partial charge in [0.05, 0.1) is 5.60 Å². The van der Waals surface area contributed by atoms with Crippen LogP contribution in [0, 0.1) is 11.6 Å². The van der Waals surface area contributed by atoms with E-state index in [4.69, 9.17) is 18.0 Å². The van der Waals surface area contributed by atoms with Crippen molar-refractivity contribution in [1.82, 2.24) is 0 Å². The quantitative estimate of drug-likeness (QED) is 0.838. The number of thiocarbonyl (C=S) groups is 1. The molecule has 110 valence electrons. The number of hydrogen-bond acceptors (Lipinski definition) is 3. The molecule has 1 saturated carbocycles. The van der Waals surface area contributed by atoms with E-state index in [9.17, 15) is 13.9 Å². The fourth-order valence-corrected chi connectivity index (χ4v) is 2.90. The molecule has 0 amide bonds. The van der Waals surface area contributed by atoms with Crippen molar-refractivity contribution < 1.29 is 13.9 Å². The normalized spacial score (nSPS) is 17.2. The van der Waals surface area contributed by atoms with Crippen LogP contribution in [0.3, 0.4) is 0 Å². The lowest BCUT2D eigenvalue weighted by atomic mass is 10.0. The Bertz CT molecular complexity index is 507. The first-order valence-electron chi connectivity index (χ1n) is 6.55. The van der Waals surface area contributed by atoms with Crippen LogP contribution in [0.25, 0.3) is 0 Å². The molecule has 0 unspecified atom stereocenters. The molecule has 1 aromatic rings. The summed E-state index contributed by atoms with van der Waals surface area (Å²) in [4.78, 5) is 1.37. The van der Waals surface area contributed by atoms with Gasteiger partial charge < -0.3 is 15.7 Å². The Labute approximate surface area is 122 Å². The van der Waals surface area contributed by atoms with Crippen molar-refractivity contribution in [1.29, 1.82) is 0 Å². The summed E-state index contributed by atoms with van der Waals surface area (Å²) < 4.78 is 28.1. The van der Waals surface area contributed by atoms with Gasteiger partial charge in [0.1, 0.15) is 22.3 Å². The third-order valence-corrected chi connectivity index (χ3v) is 3.98. The van der Waals surface area contributed by atoms with Gasteiger partial charge in [-0.05, 0) is 25.0 Å². The van der Waals surface area contributed by atoms with E-state index in [0.717, 1.165) is 25.0 Å². The highest BCUT2D eigenvalue weighted by atomic mass is 32.1. The summed E-state index contributed by atoms with van der Waals surface area (Å²) >= 11 is 4.71. The summed E-state index contributed by atoms with van der Waals surface area (Å²) in [5, 5.41) is 10.3. The number of likely N-dealkylation sites (N-methyl/N-ethyl adjacent to an activating group) is 1. The Morgan fingerprint density at radius 3 is 2.30 bits per heavy atom. The van der Waals surface area contributed by atoms with Crippen LogP contribution < -0.4 is 10.6 Å². The largest absolute Gasteiger partial charge is 0.389 e. The second-order valence-corrected chi connectivity index (χ2v) is 5.88. The molecule has 0 bridgehead atoms. The molecule has 0 atom stereocenters. The molecular formula is C14H18F2N2OS. The third-order valence-electron chi connectivity index (χ3n) is 3.75. The minimum Gasteiger partial charge on any atom is -0.389 e. The Balaban J connectivity index is 2.25. The highest BCUT2D eigenvalue weighted by molar-refractivity contribution is 7.80. The van der Waals surface area contributed by atoms with E-state index >= 15 is 0 Å². The van der Waals surface area contributed by atoms with Gasteiger partial charge in [-0.1, -0.05) is 25.1 Å². The van der Waals surface area contributed by atoms with Crippen LogP contribution in [0.2, 0.25) is 0 Å². The van der Waals surface area contributed by atoms with Crippen LogP contribution in [0.1, 0.15) is 31.2 Å². The van der Waals surface area contributed by atoms with Crippen molar-refractivity contribution in [3.8, 4) is 0 Å². The maximum absolute atomic E-state index is 14.0. The number of nitrogens with zero attached hydrogens (tertiary/aromatic N) is 1. The minimum absolute atomic E-state index is 0.0496. The lowest BCUT2D eigenvalue weighted by Gasteiger charge is -2.30. The molecule has 1 aliphatic rings. The number of anilines is 1. The summed E-state index contributed by atoms with van der Waals surface area (Å²) in [7, 11) is 1.57. The van der Waals surface area contributed by atoms with Gasteiger partial charge in [-0.15, -0.1) is 0 Å². The maximum Gasteiger partial charge on any atom is 0.150 e. The zero-order valence-corrected chi connectivity index (χ0v) is 12.1. The topological polar surface area (TPSA) is 49.5 Å². The van der Waals surface area contributed by atoms with E-state index in [-0.39, 0.29) is 22.8 Å². The highest BCUT2D eigenvalue weighted by Crippen LogP contribution is 2.32. The zero-order chi connectivity index (χ0) is 14.9. The second kappa shape index (κ2) is 5.61. The first-order valence-corrected chi connectivity index (χ1v) is 6.96. The molecule has 0 aromatic heterocycles. The lowest BCUT2D eigenvalue weighted by molar-refractivity contribution is 0.0557. The van der Waals surface area contributed by atoms with Gasteiger partial charge in [0.15, 0.2) is 0 Å². The van der Waals surface area contributed by atoms with Gasteiger partial charge in [-0.3, -0.25) is 0 Å². The minimum atomic E-state index is -0.866. The summed E-state index contributed by atoms with van der Waals surface area (Å²) in [6.45, 7) is 0.202. The molecule has 3 N–H and O–H groups in total. The average Bonchev–Trinajstić information content (AvgIpc) is 2.74. The van der Waals surface area contributed by atoms with Crippen molar-refractivity contribution >= 4 is 22.9 Å². The van der Waals surface area contributed by atoms with Crippen LogP contribution in [0.4, 0.5) is 14.5 Å². The average molecular weight is 300 g/mol. The van der Waals surface area contributed by atoms with Crippen LogP contribution in [-0.2, 0) is 0 Å². The van der Waals surface area contributed by atoms with Gasteiger partial charge in [-0.25, -0.2) is 8.78 Å². The van der Waals surface area contributed by atoms with Crippen molar-refractivity contribution in [3.05, 3.63) is 29.3 Å². The first kappa shape index (κ1) is 15.1. The van der Waals surface area contributed by atoms with Crippen molar-refractivity contribution in [2.24, 2.45) is 5.73 Å². The van der Waals surface area contributed by atoms with E-state index in [1.165, 1.54) is 4.90 Å². The van der Waals surface area contributed by atoms with Crippen molar-refractivity contribution in [3.63, 3.8) is 0 Å². The summed E-state index contributed by atoms with van der Waals surface area (Å²) in [6, 6.07) is 2.24. The predicted octanol–water partition coefficient (Wildman–Crippen LogP) is 2.34. The molecule has 0 aliphatic heterocycles. The molecule has 1 aliphatic carbocycles. The van der Waals surface area contributed by atoms with Crippen LogP contribution in [0.15, 0.2) is 12.1 Å². The molecule has 0 radical (unpaired) electrons. The Kier molecular flexibility index (Phi) is 4.25. The van der Waals surface area contributed by atoms with Gasteiger partial charge in [0, 0.05) is 19.2 Å². The molecule has 1 fully saturated rings. The summed E-state index contributed by atoms with van der Waals surface area (Å²) in [5.74, 6) is -1.45. The Morgan fingerprint density at radius 1 is 1.35 bits per heavy atom. The van der Waals surface area contributed by atoms with E-state index in [2.05, 4.69) is 0 Å². The standard InChI is InChI=1S/C14H18F2N2OS/c1-18(8-14(19)4-2-3-5-14)12-10(15)6-9(13(17)20)7-11(12)16/h6-7,19H,2-5,8H2,1H3,(H2,17,20). The number of rotatable bonds is 4. The van der Waals surface area contributed by atoms with Gasteiger partial charge in [-0.2, -0.15) is 0 Å². The molecule has 1 aromatic carbocycles. The molecule has 0 heterocycles. The van der Waals surface area contributed by atoms with Gasteiger partial charge >= 0.3 is 0 Å². The lowest BCUT2D eigenvalue weighted by Crippen LogP contribution is -2.40. The fourth-order valence-electron chi connectivity index (χ4n) is 2.78. The third kappa shape index (κ3) is 3.07. The molecule has 20 heavy (non-hydrogen) atoms. The zero-order valence-electron chi connectivity index (χ0n) is 11.3. The summed E-state index contributed by atoms with van der Waals surface area (Å²) in [5.41, 5.74) is 4.51. The smallest absolute Gasteiger partial charge is 0.150 e. The van der Waals surface area contributed by atoms with Gasteiger partial charge in [0.25, 0.3) is 0 Å². The molecule has 0 saturated heterocycles. The number of benzene rings is 1. The molecule has 6 heteroatoms. The number of hydrogen-bond donors (Lipinski definition) is 2. The van der Waals surface area contributed by atoms with E-state index in [0.29, 0.717) is 12.8 Å². The maximum atomic E-state index is 14.0. The number of halogens is 2. The fraction of sp³-hybridized carbons (Fsp3) is 0.500. The summed E-state index contributed by atoms with van der Waals surface area (Å²) in [6.07, 6.45) is 3.20. The second-order valence-electron chi connectivity index (χ2n) is 5.44. The molecule has 0 spiro atoms. The van der Waals surface area contributed by atoms with Crippen molar-refractivity contribution in [2.45, 2.75) is 31.3 Å². The number of nitrogens with two attached hydrogens (primary N) is 1. The number of aliphatic hydroxyl groups is 1. The SMILES string of the molecule is CN(CC1(O)CCCC1)c1c(F)cc(C(N)=S)cc1F. The van der Waals surface area contributed by atoms with Crippen LogP contribution >= 0.6 is 12.2 Å². The molecule has 3 nitrogen and oxygen atoms in total. The Morgan fingerprint density at radius 2 is 1.85 bits per heavy atom. The Hall–Kier alpha value is -1.27. The monoisotopic (exact) mass is 300 g/mol. The van der Waals surface area contributed by atoms with E-state index in [1.807, 2.05) is 0 Å². The van der Waals surface area contributed by atoms with Crippen LogP contribution in [-0.4, -0.2) is 29.3 Å². The van der Waals surface area contributed by atoms with Crippen LogP contribution in [0.5, 0.6) is 0 Å². The first-order chi connectivity index (χ1) is 9.32. The molecule has 2 rings (SSSR count). The molecular weight excluding hydrogens is 282 g/mol. The van der Waals surface area contributed by atoms with E-state index in [1.54, 1.807) is 7.05 Å². The van der Waals surface area contributed by atoms with Gasteiger partial charge in [0.2, 0.25) is 0 Å². The highest BCUT2D eigenvalue weighted by Gasteiger charge is 2.33.